The first kappa shape index (κ1) is 111. The first-order chi connectivity index (χ1) is 66.0. The van der Waals surface area contributed by atoms with Crippen LogP contribution >= 0.6 is 12.4 Å². The van der Waals surface area contributed by atoms with E-state index in [4.69, 9.17) is 28.4 Å². The van der Waals surface area contributed by atoms with Crippen LogP contribution in [0.15, 0.2) is 19.0 Å². The lowest BCUT2D eigenvalue weighted by molar-refractivity contribution is 0.0184. The Balaban J connectivity index is 0.000000167. The summed E-state index contributed by atoms with van der Waals surface area (Å²) in [4.78, 5) is 110. The van der Waals surface area contributed by atoms with Crippen LogP contribution in [-0.4, -0.2) is 337 Å². The molecular formula is C91H150ClN35O14. The zero-order valence-corrected chi connectivity index (χ0v) is 85.8. The number of aromatic nitrogens is 24. The highest BCUT2D eigenvalue weighted by Gasteiger charge is 2.36. The molecule has 6 amide bonds. The smallest absolute Gasteiger partial charge is 0.410 e. The Morgan fingerprint density at radius 3 is 0.816 bits per heavy atom. The number of rotatable bonds is 8. The molecule has 19 heterocycles. The van der Waals surface area contributed by atoms with E-state index < -0.39 is 33.6 Å². The quantitative estimate of drug-likeness (QED) is 0.106. The summed E-state index contributed by atoms with van der Waals surface area (Å²) in [5.74, 6) is 10.5. The number of hydrogen-bond donors (Lipinski definition) is 2. The Morgan fingerprint density at radius 1 is 0.277 bits per heavy atom. The van der Waals surface area contributed by atoms with Gasteiger partial charge < -0.3 is 75.6 Å². The second-order valence-corrected chi connectivity index (χ2v) is 41.6. The fourth-order valence-corrected chi connectivity index (χ4v) is 16.5. The zero-order valence-electron chi connectivity index (χ0n) is 85.0. The molecule has 11 aliphatic heterocycles. The average molecular weight is 1990 g/mol. The molecule has 8 aromatic rings. The summed E-state index contributed by atoms with van der Waals surface area (Å²) in [6, 6.07) is 0. The molecule has 141 heavy (non-hydrogen) atoms. The summed E-state index contributed by atoms with van der Waals surface area (Å²) in [5.41, 5.74) is -2.89. The predicted molar refractivity (Wildman–Crippen MR) is 516 cm³/mol. The molecule has 11 aliphatic rings. The molecule has 2 N–H and O–H groups in total. The third kappa shape index (κ3) is 33.9. The molecule has 19 rings (SSSR count). The van der Waals surface area contributed by atoms with Gasteiger partial charge >= 0.3 is 36.6 Å². The van der Waals surface area contributed by atoms with Crippen LogP contribution in [0, 0.1) is 0 Å². The number of piperidine rings is 3. The second-order valence-electron chi connectivity index (χ2n) is 41.6. The van der Waals surface area contributed by atoms with E-state index in [-0.39, 0.29) is 56.4 Å². The van der Waals surface area contributed by atoms with Crippen molar-refractivity contribution in [2.75, 3.05) is 91.6 Å². The molecule has 780 valence electrons. The minimum atomic E-state index is -0.518. The molecular weight excluding hydrogens is 1840 g/mol. The highest BCUT2D eigenvalue weighted by Crippen LogP contribution is 2.26. The third-order valence-electron chi connectivity index (χ3n) is 23.3. The van der Waals surface area contributed by atoms with Crippen LogP contribution in [0.4, 0.5) is 28.8 Å². The molecule has 49 nitrogen and oxygen atoms in total. The minimum Gasteiger partial charge on any atom is -0.444 e. The lowest BCUT2D eigenvalue weighted by atomic mass is 10.1. The average Bonchev–Trinajstić information content (AvgIpc) is 1.66. The van der Waals surface area contributed by atoms with E-state index in [1.807, 2.05) is 134 Å². The number of ether oxygens (including phenoxy) is 6. The number of carbonyl (C=O) groups is 8. The first-order valence-electron chi connectivity index (χ1n) is 48.5. The molecule has 8 aromatic heterocycles. The Kier molecular flexibility index (Phi) is 39.6. The predicted octanol–water partition coefficient (Wildman–Crippen LogP) is 8.58. The van der Waals surface area contributed by atoms with Crippen molar-refractivity contribution in [1.29, 1.82) is 0 Å². The highest BCUT2D eigenvalue weighted by molar-refractivity contribution is 5.85. The number of hydrogen-bond acceptors (Lipinski definition) is 35. The third-order valence-corrected chi connectivity index (χ3v) is 23.3. The molecule has 0 spiro atoms. The van der Waals surface area contributed by atoms with E-state index in [1.54, 1.807) is 57.5 Å². The minimum absolute atomic E-state index is 0. The van der Waals surface area contributed by atoms with Gasteiger partial charge in [-0.05, 0) is 202 Å². The summed E-state index contributed by atoms with van der Waals surface area (Å²) in [7, 11) is 0. The summed E-state index contributed by atoms with van der Waals surface area (Å²) in [5, 5.41) is 70.9. The van der Waals surface area contributed by atoms with Gasteiger partial charge in [0.2, 0.25) is 0 Å². The van der Waals surface area contributed by atoms with Crippen LogP contribution in [0.5, 0.6) is 0 Å². The van der Waals surface area contributed by atoms with Crippen molar-refractivity contribution in [3.8, 4) is 0 Å². The van der Waals surface area contributed by atoms with Crippen molar-refractivity contribution in [3.05, 3.63) is 94.7 Å². The number of aldehydes is 2. The second kappa shape index (κ2) is 50.2. The fourth-order valence-electron chi connectivity index (χ4n) is 16.5. The zero-order chi connectivity index (χ0) is 100.0. The van der Waals surface area contributed by atoms with Gasteiger partial charge in [0.25, 0.3) is 0 Å². The number of halogens is 1. The van der Waals surface area contributed by atoms with Crippen molar-refractivity contribution in [2.45, 2.75) is 348 Å². The van der Waals surface area contributed by atoms with E-state index in [1.165, 1.54) is 70.9 Å². The van der Waals surface area contributed by atoms with E-state index in [0.29, 0.717) is 127 Å². The highest BCUT2D eigenvalue weighted by atomic mass is 35.5. The van der Waals surface area contributed by atoms with Crippen molar-refractivity contribution < 1.29 is 66.8 Å². The van der Waals surface area contributed by atoms with Crippen molar-refractivity contribution in [2.24, 2.45) is 0 Å². The van der Waals surface area contributed by atoms with Crippen molar-refractivity contribution in [1.82, 2.24) is 173 Å². The van der Waals surface area contributed by atoms with Crippen LogP contribution in [0.1, 0.15) is 275 Å². The van der Waals surface area contributed by atoms with E-state index in [0.717, 1.165) is 164 Å². The van der Waals surface area contributed by atoms with Crippen molar-refractivity contribution >= 4 is 61.5 Å². The molecule has 0 saturated carbocycles. The summed E-state index contributed by atoms with van der Waals surface area (Å²) in [6.45, 7) is 58.9. The SMILES string of the molecule is C.C1CCN(Cc2nnc3n2CCNC3)CC1.CC(C)(C)OC(=O)N1CCn2c(C=O)nnc2C1.CC(C)(C)OC(=O)N1CCn2c(C=O)nnc2C1.CC(C)(C)OC(=O)N1CCn2c(CN3CCCCC3)nnc2C1.CC(C)(C)OC(=O)N1CCn2c(CN3CCCCC3)nnc2C1.CC(C)(C)OC(=O)N1CCn2cnnc2C1.CC(C)(C)OC(=O)N1CCn2cnnc2C1.Cl.c1nnc2n1CCNC2. The van der Waals surface area contributed by atoms with Gasteiger partial charge in [-0.2, -0.15) is 0 Å². The summed E-state index contributed by atoms with van der Waals surface area (Å²) >= 11 is 0. The van der Waals surface area contributed by atoms with Crippen LogP contribution < -0.4 is 10.6 Å². The Bertz CT molecular complexity index is 5060. The number of carbonyl (C=O) groups excluding carboxylic acids is 8. The van der Waals surface area contributed by atoms with Gasteiger partial charge in [-0.25, -0.2) is 28.8 Å². The number of likely N-dealkylation sites (tertiary alicyclic amines) is 3. The number of nitrogens with zero attached hydrogens (tertiary/aromatic N) is 33. The molecule has 0 bridgehead atoms. The maximum Gasteiger partial charge on any atom is 0.410 e. The number of nitrogens with one attached hydrogen (secondary N) is 2. The lowest BCUT2D eigenvalue weighted by Gasteiger charge is -2.31. The van der Waals surface area contributed by atoms with Gasteiger partial charge in [-0.15, -0.1) is 94.0 Å². The summed E-state index contributed by atoms with van der Waals surface area (Å²) < 4.78 is 48.0. The Morgan fingerprint density at radius 2 is 0.518 bits per heavy atom. The van der Waals surface area contributed by atoms with Crippen LogP contribution in [0.2, 0.25) is 0 Å². The van der Waals surface area contributed by atoms with Crippen LogP contribution in [0.25, 0.3) is 0 Å². The molecule has 0 unspecified atom stereocenters. The first-order valence-corrected chi connectivity index (χ1v) is 48.5. The Hall–Kier alpha value is -11.8. The molecule has 0 radical (unpaired) electrons. The topological polar surface area (TPSA) is 491 Å². The molecule has 3 saturated heterocycles. The lowest BCUT2D eigenvalue weighted by Crippen LogP contribution is -2.42. The van der Waals surface area contributed by atoms with E-state index >= 15 is 0 Å². The van der Waals surface area contributed by atoms with Crippen LogP contribution in [0.3, 0.4) is 0 Å². The van der Waals surface area contributed by atoms with Gasteiger partial charge in [0, 0.05) is 105 Å². The maximum atomic E-state index is 12.2. The van der Waals surface area contributed by atoms with Gasteiger partial charge in [0.1, 0.15) is 81.7 Å². The van der Waals surface area contributed by atoms with Gasteiger partial charge in [-0.1, -0.05) is 26.7 Å². The standard InChI is InChI=1S/2C16H27N5O2.C11H19N5.2C11H16N4O3.2C10H16N4O2.C5H8N4.CH4.ClH/c2*1-16(2,3)23-15(22)20-9-10-21-13(17-18-14(21)12-20)11-19-7-5-4-6-8-19;1-2-5-15(6-3-1)9-11-14-13-10-8-12-4-7-16(10)11;2*1-11(2,3)18-10(17)14-4-5-15-8(6-14)12-13-9(15)7-16;2*1-10(2,3)16-9(15)13-4-5-14-7-11-12-8(14)6-13;1-2-9-4-7-8-5(9)3-6-1;;/h2*4-12H2,1-3H3;12H,1-9H2;2*7H,4-6H2,1-3H3;2*7H,4-6H2,1-3H3;4,6H,1-3H2;1H4;1H. The molecule has 3 fully saturated rings. The molecule has 0 aromatic carbocycles. The fraction of sp³-hybridized carbons (Fsp3) is 0.736. The van der Waals surface area contributed by atoms with E-state index in [9.17, 15) is 38.4 Å². The van der Waals surface area contributed by atoms with Crippen LogP contribution in [-0.2, 0) is 153 Å². The summed E-state index contributed by atoms with van der Waals surface area (Å²) in [6.07, 6.45) is 16.4. The molecule has 0 atom stereocenters. The molecule has 0 aliphatic carbocycles. The normalized spacial score (nSPS) is 17.4. The van der Waals surface area contributed by atoms with Gasteiger partial charge in [-0.3, -0.25) is 53.7 Å². The number of fused-ring (bicyclic) bond motifs is 8. The van der Waals surface area contributed by atoms with Gasteiger partial charge in [0.05, 0.1) is 72.0 Å². The Labute approximate surface area is 831 Å². The van der Waals surface area contributed by atoms with Gasteiger partial charge in [0.15, 0.2) is 59.2 Å². The largest absolute Gasteiger partial charge is 0.444 e. The number of amides is 6. The molecule has 50 heteroatoms. The maximum absolute atomic E-state index is 12.2. The van der Waals surface area contributed by atoms with Crippen molar-refractivity contribution in [3.63, 3.8) is 0 Å². The van der Waals surface area contributed by atoms with E-state index in [2.05, 4.69) is 125 Å². The monoisotopic (exact) mass is 1990 g/mol.